The lowest BCUT2D eigenvalue weighted by molar-refractivity contribution is 0.0531. The first-order chi connectivity index (χ1) is 11.6. The molecule has 0 atom stereocenters. The van der Waals surface area contributed by atoms with Gasteiger partial charge in [0, 0.05) is 0 Å². The van der Waals surface area contributed by atoms with E-state index < -0.39 is 5.97 Å². The third-order valence-corrected chi connectivity index (χ3v) is 4.65. The number of fused-ring (bicyclic) bond motifs is 1. The van der Waals surface area contributed by atoms with Crippen molar-refractivity contribution < 1.29 is 13.9 Å². The fourth-order valence-corrected chi connectivity index (χ4v) is 3.48. The van der Waals surface area contributed by atoms with E-state index in [1.807, 2.05) is 12.1 Å². The highest BCUT2D eigenvalue weighted by molar-refractivity contribution is 7.20. The zero-order valence-corrected chi connectivity index (χ0v) is 14.2. The monoisotopic (exact) mass is 347 g/mol. The molecular formula is C16H17N3O4S. The fraction of sp³-hybridized carbons (Fsp3) is 0.312. The number of carbonyl (C=O) groups excluding carboxylic acids is 1. The molecule has 0 amide bonds. The predicted molar refractivity (Wildman–Crippen MR) is 90.2 cm³/mol. The Morgan fingerprint density at radius 2 is 2.29 bits per heavy atom. The number of H-pyrrole nitrogens is 1. The summed E-state index contributed by atoms with van der Waals surface area (Å²) >= 11 is 1.18. The molecule has 0 radical (unpaired) electrons. The summed E-state index contributed by atoms with van der Waals surface area (Å²) < 4.78 is 10.3. The van der Waals surface area contributed by atoms with Gasteiger partial charge in [0.25, 0.3) is 5.56 Å². The molecule has 2 N–H and O–H groups in total. The second-order valence-corrected chi connectivity index (χ2v) is 6.15. The molecule has 0 aliphatic carbocycles. The summed E-state index contributed by atoms with van der Waals surface area (Å²) in [5.74, 6) is 0.889. The van der Waals surface area contributed by atoms with Crippen molar-refractivity contribution in [3.63, 3.8) is 0 Å². The van der Waals surface area contributed by atoms with Gasteiger partial charge in [0.2, 0.25) is 0 Å². The Kier molecular flexibility index (Phi) is 4.77. The maximum Gasteiger partial charge on any atom is 0.348 e. The van der Waals surface area contributed by atoms with Crippen molar-refractivity contribution in [1.29, 1.82) is 0 Å². The van der Waals surface area contributed by atoms with Crippen LogP contribution in [0.4, 0.5) is 0 Å². The smallest absolute Gasteiger partial charge is 0.348 e. The maximum atomic E-state index is 12.3. The summed E-state index contributed by atoms with van der Waals surface area (Å²) in [5.41, 5.74) is 0.358. The molecule has 8 heteroatoms. The summed E-state index contributed by atoms with van der Waals surface area (Å²) in [6.45, 7) is 4.69. The van der Waals surface area contributed by atoms with Crippen molar-refractivity contribution in [2.45, 2.75) is 26.9 Å². The van der Waals surface area contributed by atoms with E-state index in [9.17, 15) is 9.59 Å². The van der Waals surface area contributed by atoms with Crippen molar-refractivity contribution in [3.8, 4) is 0 Å². The maximum absolute atomic E-state index is 12.3. The minimum absolute atomic E-state index is 0.251. The molecule has 0 saturated carbocycles. The fourth-order valence-electron chi connectivity index (χ4n) is 2.38. The largest absolute Gasteiger partial charge is 0.468 e. The van der Waals surface area contributed by atoms with Crippen LogP contribution in [0.3, 0.4) is 0 Å². The van der Waals surface area contributed by atoms with Crippen molar-refractivity contribution in [2.75, 3.05) is 6.61 Å². The Labute approximate surface area is 141 Å². The molecule has 7 nitrogen and oxygen atoms in total. The SMILES string of the molecule is CCOC(=O)c1sc2nc(CNCc3ccco3)[nH]c(=O)c2c1C. The number of rotatable bonds is 6. The van der Waals surface area contributed by atoms with E-state index in [1.54, 1.807) is 20.1 Å². The third kappa shape index (κ3) is 3.24. The van der Waals surface area contributed by atoms with Crippen LogP contribution in [0.25, 0.3) is 10.2 Å². The topological polar surface area (TPSA) is 97.2 Å². The van der Waals surface area contributed by atoms with Crippen LogP contribution in [-0.2, 0) is 17.8 Å². The predicted octanol–water partition coefficient (Wildman–Crippen LogP) is 2.35. The van der Waals surface area contributed by atoms with E-state index in [1.165, 1.54) is 11.3 Å². The van der Waals surface area contributed by atoms with Crippen LogP contribution >= 0.6 is 11.3 Å². The first-order valence-corrected chi connectivity index (χ1v) is 8.34. The second kappa shape index (κ2) is 6.98. The number of thiophene rings is 1. The molecule has 3 heterocycles. The molecule has 3 aromatic heterocycles. The van der Waals surface area contributed by atoms with Gasteiger partial charge in [0.05, 0.1) is 31.3 Å². The standard InChI is InChI=1S/C16H17N3O4S/c1-3-22-16(21)13-9(2)12-14(20)18-11(19-15(12)24-13)8-17-7-10-5-4-6-23-10/h4-6,17H,3,7-8H2,1-2H3,(H,18,19,20). The molecule has 0 aromatic carbocycles. The second-order valence-electron chi connectivity index (χ2n) is 5.15. The molecule has 0 saturated heterocycles. The summed E-state index contributed by atoms with van der Waals surface area (Å²) in [7, 11) is 0. The van der Waals surface area contributed by atoms with Gasteiger partial charge in [0.15, 0.2) is 0 Å². The quantitative estimate of drug-likeness (QED) is 0.664. The highest BCUT2D eigenvalue weighted by Crippen LogP contribution is 2.27. The molecule has 0 aliphatic heterocycles. The highest BCUT2D eigenvalue weighted by atomic mass is 32.1. The van der Waals surface area contributed by atoms with Gasteiger partial charge < -0.3 is 19.5 Å². The number of carbonyl (C=O) groups is 1. The number of nitrogens with one attached hydrogen (secondary N) is 2. The Morgan fingerprint density at radius 3 is 3.00 bits per heavy atom. The third-order valence-electron chi connectivity index (χ3n) is 3.48. The molecule has 0 spiro atoms. The first-order valence-electron chi connectivity index (χ1n) is 7.52. The molecule has 3 aromatic rings. The zero-order chi connectivity index (χ0) is 17.1. The lowest BCUT2D eigenvalue weighted by Crippen LogP contribution is -2.19. The Morgan fingerprint density at radius 1 is 1.46 bits per heavy atom. The minimum atomic E-state index is -0.421. The molecular weight excluding hydrogens is 330 g/mol. The van der Waals surface area contributed by atoms with Crippen molar-refractivity contribution >= 4 is 27.5 Å². The average Bonchev–Trinajstić information content (AvgIpc) is 3.16. The Bertz CT molecular complexity index is 911. The van der Waals surface area contributed by atoms with Gasteiger partial charge in [-0.2, -0.15) is 0 Å². The van der Waals surface area contributed by atoms with Crippen LogP contribution in [0.2, 0.25) is 0 Å². The van der Waals surface area contributed by atoms with E-state index >= 15 is 0 Å². The van der Waals surface area contributed by atoms with Gasteiger partial charge in [-0.25, -0.2) is 9.78 Å². The molecule has 126 valence electrons. The van der Waals surface area contributed by atoms with E-state index in [-0.39, 0.29) is 12.2 Å². The summed E-state index contributed by atoms with van der Waals surface area (Å²) in [6.07, 6.45) is 1.61. The summed E-state index contributed by atoms with van der Waals surface area (Å²) in [5, 5.41) is 3.59. The number of hydrogen-bond acceptors (Lipinski definition) is 7. The minimum Gasteiger partial charge on any atom is -0.468 e. The number of aromatic amines is 1. The number of furan rings is 1. The van der Waals surface area contributed by atoms with Gasteiger partial charge in [0.1, 0.15) is 21.3 Å². The van der Waals surface area contributed by atoms with E-state index in [4.69, 9.17) is 9.15 Å². The summed E-state index contributed by atoms with van der Waals surface area (Å²) in [6, 6.07) is 3.68. The molecule has 3 rings (SSSR count). The van der Waals surface area contributed by atoms with Gasteiger partial charge in [-0.1, -0.05) is 0 Å². The van der Waals surface area contributed by atoms with Crippen LogP contribution in [-0.4, -0.2) is 22.5 Å². The van der Waals surface area contributed by atoms with Crippen LogP contribution in [0.1, 0.15) is 33.7 Å². The normalized spacial score (nSPS) is 11.1. The Hall–Kier alpha value is -2.45. The number of nitrogens with zero attached hydrogens (tertiary/aromatic N) is 1. The zero-order valence-electron chi connectivity index (χ0n) is 13.3. The molecule has 24 heavy (non-hydrogen) atoms. The molecule has 0 unspecified atom stereocenters. The number of aryl methyl sites for hydroxylation is 1. The van der Waals surface area contributed by atoms with Gasteiger partial charge in [-0.15, -0.1) is 11.3 Å². The lowest BCUT2D eigenvalue weighted by Gasteiger charge is -2.02. The van der Waals surface area contributed by atoms with Gasteiger partial charge in [-0.3, -0.25) is 4.79 Å². The molecule has 0 fully saturated rings. The van der Waals surface area contributed by atoms with E-state index in [2.05, 4.69) is 15.3 Å². The number of ether oxygens (including phenoxy) is 1. The highest BCUT2D eigenvalue weighted by Gasteiger charge is 2.20. The van der Waals surface area contributed by atoms with Crippen molar-refractivity contribution in [1.82, 2.24) is 15.3 Å². The molecule has 0 bridgehead atoms. The average molecular weight is 347 g/mol. The van der Waals surface area contributed by atoms with Gasteiger partial charge >= 0.3 is 5.97 Å². The number of hydrogen-bond donors (Lipinski definition) is 2. The first kappa shape index (κ1) is 16.4. The van der Waals surface area contributed by atoms with Crippen molar-refractivity contribution in [3.05, 3.63) is 50.8 Å². The van der Waals surface area contributed by atoms with Crippen LogP contribution in [0.15, 0.2) is 27.6 Å². The van der Waals surface area contributed by atoms with Crippen LogP contribution in [0, 0.1) is 6.92 Å². The Balaban J connectivity index is 1.84. The van der Waals surface area contributed by atoms with Gasteiger partial charge in [-0.05, 0) is 31.5 Å². The number of esters is 1. The van der Waals surface area contributed by atoms with E-state index in [0.29, 0.717) is 39.6 Å². The summed E-state index contributed by atoms with van der Waals surface area (Å²) in [4.78, 5) is 32.4. The van der Waals surface area contributed by atoms with Crippen LogP contribution < -0.4 is 10.9 Å². The van der Waals surface area contributed by atoms with Crippen molar-refractivity contribution in [2.24, 2.45) is 0 Å². The van der Waals surface area contributed by atoms with Crippen LogP contribution in [0.5, 0.6) is 0 Å². The molecule has 0 aliphatic rings. The number of aromatic nitrogens is 2. The van der Waals surface area contributed by atoms with E-state index in [0.717, 1.165) is 5.76 Å². The lowest BCUT2D eigenvalue weighted by atomic mass is 10.2.